The highest BCUT2D eigenvalue weighted by Gasteiger charge is 2.64. The summed E-state index contributed by atoms with van der Waals surface area (Å²) in [5, 5.41) is -0.873. The van der Waals surface area contributed by atoms with Crippen LogP contribution < -0.4 is 9.46 Å². The molecular formula is C23H22F5NO5S2. The predicted molar refractivity (Wildman–Crippen MR) is 118 cm³/mol. The first kappa shape index (κ1) is 25.4. The van der Waals surface area contributed by atoms with E-state index in [4.69, 9.17) is 4.74 Å². The third-order valence-corrected chi connectivity index (χ3v) is 12.2. The van der Waals surface area contributed by atoms with Crippen LogP contribution in [0.3, 0.4) is 0 Å². The van der Waals surface area contributed by atoms with Gasteiger partial charge in [0.25, 0.3) is 0 Å². The van der Waals surface area contributed by atoms with Crippen LogP contribution in [0, 0.1) is 23.5 Å². The molecule has 3 aliphatic rings. The Kier molecular flexibility index (Phi) is 5.73. The Balaban J connectivity index is 1.73. The Morgan fingerprint density at radius 3 is 2.33 bits per heavy atom. The van der Waals surface area contributed by atoms with Gasteiger partial charge in [-0.15, -0.1) is 0 Å². The lowest BCUT2D eigenvalue weighted by molar-refractivity contribution is -0.137. The number of sulfonamides is 1. The largest absolute Gasteiger partial charge is 0.490 e. The summed E-state index contributed by atoms with van der Waals surface area (Å²) in [5.41, 5.74) is -1.56. The minimum atomic E-state index is -4.70. The van der Waals surface area contributed by atoms with E-state index in [2.05, 4.69) is 4.72 Å². The van der Waals surface area contributed by atoms with E-state index in [1.807, 2.05) is 0 Å². The van der Waals surface area contributed by atoms with Crippen molar-refractivity contribution < 1.29 is 43.5 Å². The topological polar surface area (TPSA) is 89.5 Å². The Bertz CT molecular complexity index is 1430. The molecule has 1 N–H and O–H groups in total. The Morgan fingerprint density at radius 2 is 1.69 bits per heavy atom. The van der Waals surface area contributed by atoms with Gasteiger partial charge in [0.15, 0.2) is 21.4 Å². The number of fused-ring (bicyclic) bond motifs is 5. The number of hydrogen-bond acceptors (Lipinski definition) is 5. The predicted octanol–water partition coefficient (Wildman–Crippen LogP) is 4.15. The van der Waals surface area contributed by atoms with E-state index >= 15 is 4.39 Å². The molecule has 2 heterocycles. The third-order valence-electron chi connectivity index (χ3n) is 7.77. The lowest BCUT2D eigenvalue weighted by Gasteiger charge is -2.54. The highest BCUT2D eigenvalue weighted by atomic mass is 32.2. The summed E-state index contributed by atoms with van der Waals surface area (Å²) in [6.07, 6.45) is -4.92. The Morgan fingerprint density at radius 1 is 1.06 bits per heavy atom. The van der Waals surface area contributed by atoms with Crippen LogP contribution in [0.15, 0.2) is 41.3 Å². The monoisotopic (exact) mass is 551 g/mol. The summed E-state index contributed by atoms with van der Waals surface area (Å²) in [6, 6.07) is 3.85. The van der Waals surface area contributed by atoms with E-state index in [1.165, 1.54) is 6.92 Å². The smallest absolute Gasteiger partial charge is 0.416 e. The van der Waals surface area contributed by atoms with Crippen LogP contribution in [-0.2, 0) is 30.8 Å². The van der Waals surface area contributed by atoms with Gasteiger partial charge in [0, 0.05) is 12.0 Å². The molecule has 0 aromatic heterocycles. The molecule has 2 aliphatic heterocycles. The van der Waals surface area contributed by atoms with Gasteiger partial charge in [-0.2, -0.15) is 13.2 Å². The first-order valence-electron chi connectivity index (χ1n) is 11.2. The summed E-state index contributed by atoms with van der Waals surface area (Å²) < 4.78 is 129. The van der Waals surface area contributed by atoms with Crippen LogP contribution in [0.1, 0.15) is 37.3 Å². The van der Waals surface area contributed by atoms with E-state index in [9.17, 15) is 34.4 Å². The summed E-state index contributed by atoms with van der Waals surface area (Å²) >= 11 is 0. The molecule has 196 valence electrons. The Labute approximate surface area is 204 Å². The molecule has 0 radical (unpaired) electrons. The van der Waals surface area contributed by atoms with Gasteiger partial charge in [0.05, 0.1) is 27.9 Å². The molecule has 1 saturated heterocycles. The van der Waals surface area contributed by atoms with Crippen LogP contribution in [0.25, 0.3) is 0 Å². The highest BCUT2D eigenvalue weighted by molar-refractivity contribution is 7.92. The van der Waals surface area contributed by atoms with Crippen molar-refractivity contribution in [3.05, 3.63) is 59.2 Å². The van der Waals surface area contributed by atoms with E-state index < -0.39 is 87.3 Å². The number of rotatable bonds is 2. The van der Waals surface area contributed by atoms with Gasteiger partial charge in [-0.1, -0.05) is 0 Å². The average Bonchev–Trinajstić information content (AvgIpc) is 2.81. The minimum Gasteiger partial charge on any atom is -0.490 e. The standard InChI is InChI=1S/C23H22F5NO5S2/c1-12-10-15-16-11-34-21-18(25)7-6-17(24)20(21)22(16,9-8-19(15)29-36(12,32)33)35(30,31)14-4-2-13(3-5-14)23(26,27)28/h2-7,12,15-16,19,29H,8-11H2,1H3/t12-,15+,16+,19-,22+/m1/s1. The SMILES string of the molecule is C[C@@H]1C[C@@H]2[C@@H](CC[C@@]3(S(=O)(=O)c4ccc(C(F)(F)F)cc4)c4c(F)ccc(F)c4OC[C@@H]23)NS1(=O)=O. The number of nitrogens with one attached hydrogen (secondary N) is 1. The van der Waals surface area contributed by atoms with Crippen LogP contribution in [0.4, 0.5) is 22.0 Å². The second-order valence-electron chi connectivity index (χ2n) is 9.58. The molecule has 1 saturated carbocycles. The van der Waals surface area contributed by atoms with Gasteiger partial charge in [-0.25, -0.2) is 30.3 Å². The van der Waals surface area contributed by atoms with Crippen molar-refractivity contribution in [2.24, 2.45) is 11.8 Å². The fourth-order valence-electron chi connectivity index (χ4n) is 6.02. The molecule has 36 heavy (non-hydrogen) atoms. The third kappa shape index (κ3) is 3.57. The van der Waals surface area contributed by atoms with Crippen molar-refractivity contribution in [2.45, 2.75) is 53.3 Å². The van der Waals surface area contributed by atoms with Crippen LogP contribution in [0.5, 0.6) is 5.75 Å². The molecule has 5 rings (SSSR count). The number of benzene rings is 2. The molecule has 5 atom stereocenters. The van der Waals surface area contributed by atoms with E-state index in [0.29, 0.717) is 12.1 Å². The zero-order valence-corrected chi connectivity index (χ0v) is 20.5. The molecular weight excluding hydrogens is 529 g/mol. The minimum absolute atomic E-state index is 0.00236. The lowest BCUT2D eigenvalue weighted by atomic mass is 9.64. The van der Waals surface area contributed by atoms with Crippen LogP contribution in [-0.4, -0.2) is 34.7 Å². The summed E-state index contributed by atoms with van der Waals surface area (Å²) in [7, 11) is -8.28. The van der Waals surface area contributed by atoms with Gasteiger partial charge in [-0.05, 0) is 68.5 Å². The Hall–Kier alpha value is -2.25. The zero-order chi connectivity index (χ0) is 26.3. The van der Waals surface area contributed by atoms with Crippen molar-refractivity contribution in [3.8, 4) is 5.75 Å². The summed E-state index contributed by atoms with van der Waals surface area (Å²) in [5.74, 6) is -4.12. The van der Waals surface area contributed by atoms with Crippen molar-refractivity contribution in [3.63, 3.8) is 0 Å². The van der Waals surface area contributed by atoms with Gasteiger partial charge < -0.3 is 4.74 Å². The van der Waals surface area contributed by atoms with E-state index in [1.54, 1.807) is 0 Å². The maximum Gasteiger partial charge on any atom is 0.416 e. The molecule has 0 spiro atoms. The van der Waals surface area contributed by atoms with Gasteiger partial charge >= 0.3 is 6.18 Å². The second kappa shape index (κ2) is 8.12. The number of ether oxygens (including phenoxy) is 1. The number of hydrogen-bond donors (Lipinski definition) is 1. The number of sulfone groups is 1. The van der Waals surface area contributed by atoms with Crippen LogP contribution in [0.2, 0.25) is 0 Å². The zero-order valence-electron chi connectivity index (χ0n) is 18.8. The summed E-state index contributed by atoms with van der Waals surface area (Å²) in [4.78, 5) is -0.472. The molecule has 2 fully saturated rings. The van der Waals surface area contributed by atoms with Crippen LogP contribution >= 0.6 is 0 Å². The van der Waals surface area contributed by atoms with Gasteiger partial charge in [0.1, 0.15) is 10.6 Å². The molecule has 2 aromatic carbocycles. The molecule has 2 aromatic rings. The molecule has 6 nitrogen and oxygen atoms in total. The number of alkyl halides is 3. The first-order valence-corrected chi connectivity index (χ1v) is 14.3. The maximum atomic E-state index is 15.4. The van der Waals surface area contributed by atoms with Crippen molar-refractivity contribution >= 4 is 19.9 Å². The fourth-order valence-corrected chi connectivity index (χ4v) is 9.84. The lowest BCUT2D eigenvalue weighted by Crippen LogP contribution is -2.63. The van der Waals surface area contributed by atoms with E-state index in [0.717, 1.165) is 24.3 Å². The van der Waals surface area contributed by atoms with Gasteiger partial charge in [0.2, 0.25) is 10.0 Å². The normalized spacial score (nSPS) is 31.5. The molecule has 0 unspecified atom stereocenters. The molecule has 13 heteroatoms. The average molecular weight is 552 g/mol. The molecule has 0 bridgehead atoms. The quantitative estimate of drug-likeness (QED) is 0.567. The summed E-state index contributed by atoms with van der Waals surface area (Å²) in [6.45, 7) is 1.14. The van der Waals surface area contributed by atoms with Gasteiger partial charge in [-0.3, -0.25) is 0 Å². The molecule has 1 aliphatic carbocycles. The van der Waals surface area contributed by atoms with Crippen molar-refractivity contribution in [1.29, 1.82) is 0 Å². The molecule has 0 amide bonds. The van der Waals surface area contributed by atoms with Crippen molar-refractivity contribution in [2.75, 3.05) is 6.61 Å². The first-order chi connectivity index (χ1) is 16.7. The fraction of sp³-hybridized carbons (Fsp3) is 0.478. The highest BCUT2D eigenvalue weighted by Crippen LogP contribution is 2.59. The maximum absolute atomic E-state index is 15.4. The van der Waals surface area contributed by atoms with E-state index in [-0.39, 0.29) is 25.9 Å². The number of halogens is 5. The second-order valence-corrected chi connectivity index (χ2v) is 13.9. The van der Waals surface area contributed by atoms with Crippen molar-refractivity contribution in [1.82, 2.24) is 4.72 Å².